The molecule has 0 spiro atoms. The van der Waals surface area contributed by atoms with Crippen LogP contribution in [0.15, 0.2) is 60.7 Å². The Hall–Kier alpha value is -1.56. The van der Waals surface area contributed by atoms with E-state index in [4.69, 9.17) is 0 Å². The summed E-state index contributed by atoms with van der Waals surface area (Å²) in [5.41, 5.74) is 11.1. The summed E-state index contributed by atoms with van der Waals surface area (Å²) in [4.78, 5) is 0. The van der Waals surface area contributed by atoms with Crippen molar-refractivity contribution in [3.63, 3.8) is 0 Å². The molecule has 2 aromatic rings. The van der Waals surface area contributed by atoms with Crippen LogP contribution in [0.1, 0.15) is 693 Å². The zero-order valence-electron chi connectivity index (χ0n) is 109. The molecule has 136 heavy (non-hydrogen) atoms. The zero-order chi connectivity index (χ0) is 111. The van der Waals surface area contributed by atoms with Gasteiger partial charge in [-0.15, -0.1) is 0 Å². The lowest BCUT2D eigenvalue weighted by Crippen LogP contribution is -2.41. The summed E-state index contributed by atoms with van der Waals surface area (Å²) in [7, 11) is 0. The Bertz CT molecular complexity index is 2590. The summed E-state index contributed by atoms with van der Waals surface area (Å²) in [6.07, 6.45) is 47.9. The summed E-state index contributed by atoms with van der Waals surface area (Å²) < 4.78 is 0. The fourth-order valence-electron chi connectivity index (χ4n) is 16.1. The molecule has 2 unspecified atom stereocenters. The largest absolute Gasteiger partial charge is 0.0656 e. The average Bonchev–Trinajstić information content (AvgIpc) is 0.801. The van der Waals surface area contributed by atoms with E-state index in [0.29, 0.717) is 86.6 Å². The second-order valence-electron chi connectivity index (χ2n) is 57.5. The molecule has 0 aliphatic heterocycles. The van der Waals surface area contributed by atoms with Gasteiger partial charge in [0.2, 0.25) is 0 Å². The molecular weight excluding hydrogens is 1630 g/mol. The monoisotopic (exact) mass is 1920 g/mol. The van der Waals surface area contributed by atoms with E-state index in [9.17, 15) is 0 Å². The van der Waals surface area contributed by atoms with Gasteiger partial charge in [0.1, 0.15) is 0 Å². The second-order valence-corrected chi connectivity index (χ2v) is 57.5. The first-order chi connectivity index (χ1) is 61.2. The molecule has 0 heterocycles. The van der Waals surface area contributed by atoms with Gasteiger partial charge < -0.3 is 0 Å². The number of rotatable bonds is 32. The van der Waals surface area contributed by atoms with Crippen LogP contribution in [0.2, 0.25) is 0 Å². The third-order valence-corrected chi connectivity index (χ3v) is 33.8. The number of benzene rings is 2. The highest BCUT2D eigenvalue weighted by molar-refractivity contribution is 5.37. The van der Waals surface area contributed by atoms with E-state index in [-0.39, 0.29) is 5.41 Å². The van der Waals surface area contributed by atoms with Gasteiger partial charge in [-0.25, -0.2) is 0 Å². The quantitative estimate of drug-likeness (QED) is 0.0685. The molecule has 2 saturated carbocycles. The van der Waals surface area contributed by atoms with Crippen molar-refractivity contribution in [2.24, 2.45) is 122 Å². The van der Waals surface area contributed by atoms with Crippen LogP contribution in [0.3, 0.4) is 0 Å². The molecule has 0 heteroatoms. The van der Waals surface area contributed by atoms with Crippen molar-refractivity contribution in [3.8, 4) is 0 Å². The van der Waals surface area contributed by atoms with Gasteiger partial charge in [-0.3, -0.25) is 0 Å². The third-order valence-electron chi connectivity index (χ3n) is 33.8. The van der Waals surface area contributed by atoms with Crippen molar-refractivity contribution in [1.29, 1.82) is 0 Å². The maximum absolute atomic E-state index is 2.44. The molecule has 0 aromatic heterocycles. The standard InChI is InChI=1S/C15H16.C12H26.4C11H24.2C9H20.C8H16.C8H18.C7H14.C7H16.2C5H12.C4H10.C3H8/c1-15(2,13-9-5-3-6-10-13)14-11-7-4-8-12-14;1-7-11(5,8-2)12(6,9-3)10-4;1-9(2)7-11(5,6)8-10(3)4;1-9(2,3)11(7,8)10(4,5)6;1-7-9(3)11(5,6)10(4)8-2;1-5-7-9-11(3,4)10-8-6-2;1-7(2)9(5,6)8(3)4;1-5-7-9(3,4)8-6-2;1-8(2)6-4-3-5-7-8;1-7(2,3)8(4,5)6;1-7(2)5-3-4-6-7;1-5-7(3,4)6-2;1-5(2,3)4;1-3-5-4-2;1-3-4-2;1-3-2/h3-12H,1-2H3;7-10H2,1-6H3;9-10H,7-8H2,1-6H3;1-8H3;9-10H,7-8H2,1-6H3;5-10H2,1-4H3;7-8H,1-6H3;5-8H2,1-4H3;3-7H2,1-2H3;1-6H3;3-6H2,1-2H3;5-6H2,1-4H3;1-4H3;3-5H2,1-2H3;3-4H2,1-2H3;3H2,1-2H3. The molecule has 828 valence electrons. The first-order valence-electron chi connectivity index (χ1n) is 59.3. The Morgan fingerprint density at radius 1 is 0.257 bits per heavy atom. The molecule has 0 radical (unpaired) electrons. The predicted molar refractivity (Wildman–Crippen MR) is 650 cm³/mol. The van der Waals surface area contributed by atoms with Crippen molar-refractivity contribution >= 4 is 0 Å². The van der Waals surface area contributed by atoms with E-state index in [2.05, 4.69) is 518 Å². The van der Waals surface area contributed by atoms with Crippen LogP contribution < -0.4 is 0 Å². The zero-order valence-corrected chi connectivity index (χ0v) is 109. The van der Waals surface area contributed by atoms with Crippen LogP contribution >= 0.6 is 0 Å². The maximum Gasteiger partial charge on any atom is 0.0146 e. The summed E-state index contributed by atoms with van der Waals surface area (Å²) in [6, 6.07) is 21.3. The Labute approximate surface area is 875 Å². The Morgan fingerprint density at radius 3 is 0.618 bits per heavy atom. The van der Waals surface area contributed by atoms with Gasteiger partial charge in [-0.2, -0.15) is 0 Å². The first-order valence-corrected chi connectivity index (χ1v) is 59.3. The minimum absolute atomic E-state index is 0.0858. The van der Waals surface area contributed by atoms with E-state index in [1.807, 2.05) is 0 Å². The molecule has 0 nitrogen and oxygen atoms in total. The van der Waals surface area contributed by atoms with Crippen molar-refractivity contribution in [1.82, 2.24) is 0 Å². The lowest BCUT2D eigenvalue weighted by Gasteiger charge is -2.49. The highest BCUT2D eigenvalue weighted by atomic mass is 14.5. The number of unbranched alkanes of at least 4 members (excludes halogenated alkanes) is 5. The van der Waals surface area contributed by atoms with Gasteiger partial charge in [0.05, 0.1) is 0 Å². The molecule has 0 bridgehead atoms. The molecular formula is C136H284. The van der Waals surface area contributed by atoms with Gasteiger partial charge in [-0.1, -0.05) is 678 Å². The maximum atomic E-state index is 2.44. The van der Waals surface area contributed by atoms with Crippen molar-refractivity contribution < 1.29 is 0 Å². The van der Waals surface area contributed by atoms with Gasteiger partial charge in [0.25, 0.3) is 0 Å². The van der Waals surface area contributed by atoms with Gasteiger partial charge in [-0.05, 0) is 197 Å². The van der Waals surface area contributed by atoms with Crippen LogP contribution in [0.5, 0.6) is 0 Å². The van der Waals surface area contributed by atoms with Crippen LogP contribution in [0.4, 0.5) is 0 Å². The van der Waals surface area contributed by atoms with Gasteiger partial charge in [0, 0.05) is 5.41 Å². The minimum Gasteiger partial charge on any atom is -0.0656 e. The van der Waals surface area contributed by atoms with E-state index in [1.54, 1.807) is 0 Å². The molecule has 0 N–H and O–H groups in total. The molecule has 0 amide bonds. The van der Waals surface area contributed by atoms with Gasteiger partial charge in [0.15, 0.2) is 0 Å². The highest BCUT2D eigenvalue weighted by Crippen LogP contribution is 2.52. The minimum atomic E-state index is 0.0858. The SMILES string of the molecule is CC(C)(C)C.CC(C)(C)C(C)(C)C.CC(C)(C)C(C)(C)C(C)(C)C.CC(C)(c1ccccc1)c1ccccc1.CC(C)C(C)(C)C(C)C.CC(C)CC(C)(C)CC(C)C.CC1(C)CCCC1.CC1(C)CCCCC1.CCC.CCC(C)(C)CC.CCC(C)(CC)C(C)(CC)CC.CCC(C)C(C)(C)C(C)CC.CCCC.CCCC(C)(C)CCC.CCCCC.CCCCC(C)(C)CCCC. The second kappa shape index (κ2) is 81.5. The molecule has 2 atom stereocenters. The third kappa shape index (κ3) is 91.1. The van der Waals surface area contributed by atoms with E-state index >= 15 is 0 Å². The summed E-state index contributed by atoms with van der Waals surface area (Å²) >= 11 is 0. The van der Waals surface area contributed by atoms with Crippen LogP contribution in [0.25, 0.3) is 0 Å². The van der Waals surface area contributed by atoms with Crippen molar-refractivity contribution in [2.45, 2.75) is 687 Å². The van der Waals surface area contributed by atoms with Gasteiger partial charge >= 0.3 is 0 Å². The number of hydrogen-bond donors (Lipinski definition) is 0. The Balaban J connectivity index is -0.000000122. The highest BCUT2D eigenvalue weighted by Gasteiger charge is 2.43. The number of hydrogen-bond acceptors (Lipinski definition) is 0. The van der Waals surface area contributed by atoms with E-state index < -0.39 is 0 Å². The molecule has 2 fully saturated rings. The lowest BCUT2D eigenvalue weighted by atomic mass is 9.56. The smallest absolute Gasteiger partial charge is 0.0146 e. The van der Waals surface area contributed by atoms with E-state index in [0.717, 1.165) is 35.5 Å². The van der Waals surface area contributed by atoms with E-state index in [1.165, 1.54) is 236 Å². The Morgan fingerprint density at radius 2 is 0.493 bits per heavy atom. The molecule has 2 aliphatic rings. The fraction of sp³-hybridized carbons (Fsp3) is 0.912. The molecule has 2 aliphatic carbocycles. The fourth-order valence-corrected chi connectivity index (χ4v) is 16.1. The van der Waals surface area contributed by atoms with Crippen molar-refractivity contribution in [3.05, 3.63) is 71.8 Å². The first kappa shape index (κ1) is 160. The molecule has 2 aromatic carbocycles. The summed E-state index contributed by atoms with van der Waals surface area (Å²) in [6.45, 7) is 152. The van der Waals surface area contributed by atoms with Crippen molar-refractivity contribution in [2.75, 3.05) is 0 Å². The van der Waals surface area contributed by atoms with Crippen LogP contribution in [-0.4, -0.2) is 0 Å². The van der Waals surface area contributed by atoms with Crippen LogP contribution in [0, 0.1) is 122 Å². The Kier molecular flexibility index (Phi) is 95.7. The molecule has 0 saturated heterocycles. The average molecular weight is 1920 g/mol. The topological polar surface area (TPSA) is 0 Å². The summed E-state index contributed by atoms with van der Waals surface area (Å²) in [5.74, 6) is 4.94. The molecule has 4 rings (SSSR count). The van der Waals surface area contributed by atoms with Crippen LogP contribution in [-0.2, 0) is 5.41 Å². The lowest BCUT2D eigenvalue weighted by molar-refractivity contribution is 0.00574. The summed E-state index contributed by atoms with van der Waals surface area (Å²) in [5, 5.41) is 0. The predicted octanol–water partition coefficient (Wildman–Crippen LogP) is 51.2. The normalized spacial score (nSPS) is 14.5.